The Labute approximate surface area is 113 Å². The minimum Gasteiger partial charge on any atom is -0.380 e. The molecule has 4 unspecified atom stereocenters. The zero-order valence-corrected chi connectivity index (χ0v) is 12.3. The van der Waals surface area contributed by atoms with Gasteiger partial charge in [0.05, 0.1) is 6.61 Å². The highest BCUT2D eigenvalue weighted by atomic mass is 16.5. The summed E-state index contributed by atoms with van der Waals surface area (Å²) in [6, 6.07) is 0.595. The van der Waals surface area contributed by atoms with Gasteiger partial charge in [0.15, 0.2) is 0 Å². The van der Waals surface area contributed by atoms with E-state index in [2.05, 4.69) is 19.2 Å². The van der Waals surface area contributed by atoms with Crippen molar-refractivity contribution in [1.82, 2.24) is 5.32 Å². The second-order valence-corrected chi connectivity index (χ2v) is 6.20. The minimum absolute atomic E-state index is 0.595. The van der Waals surface area contributed by atoms with Crippen LogP contribution < -0.4 is 5.32 Å². The lowest BCUT2D eigenvalue weighted by atomic mass is 9.66. The molecule has 106 valence electrons. The molecule has 0 aromatic rings. The third-order valence-electron chi connectivity index (χ3n) is 5.12. The van der Waals surface area contributed by atoms with E-state index in [1.165, 1.54) is 44.9 Å². The van der Waals surface area contributed by atoms with Crippen LogP contribution in [0.3, 0.4) is 0 Å². The fourth-order valence-corrected chi connectivity index (χ4v) is 4.14. The van der Waals surface area contributed by atoms with Gasteiger partial charge >= 0.3 is 0 Å². The first-order chi connectivity index (χ1) is 8.85. The van der Waals surface area contributed by atoms with E-state index < -0.39 is 0 Å². The van der Waals surface area contributed by atoms with Crippen molar-refractivity contribution in [3.63, 3.8) is 0 Å². The Hall–Kier alpha value is -0.0800. The predicted molar refractivity (Wildman–Crippen MR) is 76.7 cm³/mol. The quantitative estimate of drug-likeness (QED) is 0.781. The van der Waals surface area contributed by atoms with E-state index in [-0.39, 0.29) is 0 Å². The average Bonchev–Trinajstić information content (AvgIpc) is 2.43. The molecule has 2 heteroatoms. The third-order valence-corrected chi connectivity index (χ3v) is 5.12. The Morgan fingerprint density at radius 2 is 1.83 bits per heavy atom. The van der Waals surface area contributed by atoms with Gasteiger partial charge < -0.3 is 10.1 Å². The monoisotopic (exact) mass is 253 g/mol. The zero-order valence-electron chi connectivity index (χ0n) is 12.3. The van der Waals surface area contributed by atoms with Crippen LogP contribution in [0.5, 0.6) is 0 Å². The number of likely N-dealkylation sites (N-methyl/N-ethyl adjacent to an activating group) is 1. The van der Waals surface area contributed by atoms with Crippen molar-refractivity contribution < 1.29 is 4.74 Å². The highest BCUT2D eigenvalue weighted by Crippen LogP contribution is 2.43. The van der Waals surface area contributed by atoms with Gasteiger partial charge in [0.25, 0.3) is 0 Å². The van der Waals surface area contributed by atoms with Crippen molar-refractivity contribution in [1.29, 1.82) is 0 Å². The first-order valence-electron chi connectivity index (χ1n) is 8.16. The Kier molecular flexibility index (Phi) is 5.97. The molecule has 2 fully saturated rings. The van der Waals surface area contributed by atoms with Crippen LogP contribution in [0.1, 0.15) is 58.8 Å². The number of fused-ring (bicyclic) bond motifs is 1. The third kappa shape index (κ3) is 3.71. The Morgan fingerprint density at radius 3 is 2.56 bits per heavy atom. The molecule has 0 spiro atoms. The maximum atomic E-state index is 5.67. The normalized spacial score (nSPS) is 34.0. The van der Waals surface area contributed by atoms with Crippen LogP contribution >= 0.6 is 0 Å². The van der Waals surface area contributed by atoms with Crippen molar-refractivity contribution in [2.24, 2.45) is 17.8 Å². The summed E-state index contributed by atoms with van der Waals surface area (Å²) >= 11 is 0. The topological polar surface area (TPSA) is 21.3 Å². The summed E-state index contributed by atoms with van der Waals surface area (Å²) in [4.78, 5) is 0. The molecular weight excluding hydrogens is 222 g/mol. The standard InChI is InChI=1S/C16H31NO/c1-3-17-16(12-18-4-2)15-10-9-13-7-5-6-8-14(13)11-15/h13-17H,3-12H2,1-2H3. The second-order valence-electron chi connectivity index (χ2n) is 6.20. The van der Waals surface area contributed by atoms with Crippen LogP contribution in [0, 0.1) is 17.8 Å². The molecule has 2 nitrogen and oxygen atoms in total. The molecule has 0 aromatic heterocycles. The highest BCUT2D eigenvalue weighted by molar-refractivity contribution is 4.88. The van der Waals surface area contributed by atoms with E-state index in [1.54, 1.807) is 0 Å². The van der Waals surface area contributed by atoms with E-state index in [0.29, 0.717) is 6.04 Å². The Balaban J connectivity index is 1.86. The molecule has 0 aliphatic heterocycles. The number of ether oxygens (including phenoxy) is 1. The molecule has 0 heterocycles. The number of hydrogen-bond donors (Lipinski definition) is 1. The zero-order chi connectivity index (χ0) is 12.8. The largest absolute Gasteiger partial charge is 0.380 e. The fourth-order valence-electron chi connectivity index (χ4n) is 4.14. The summed E-state index contributed by atoms with van der Waals surface area (Å²) in [5, 5.41) is 3.66. The first kappa shape index (κ1) is 14.3. The predicted octanol–water partition coefficient (Wildman–Crippen LogP) is 3.61. The van der Waals surface area contributed by atoms with Gasteiger partial charge in [-0.1, -0.05) is 32.6 Å². The molecule has 0 aromatic carbocycles. The van der Waals surface area contributed by atoms with Gasteiger partial charge in [0.1, 0.15) is 0 Å². The fraction of sp³-hybridized carbons (Fsp3) is 1.00. The summed E-state index contributed by atoms with van der Waals surface area (Å²) in [7, 11) is 0. The minimum atomic E-state index is 0.595. The number of nitrogens with one attached hydrogen (secondary N) is 1. The van der Waals surface area contributed by atoms with Crippen molar-refractivity contribution >= 4 is 0 Å². The molecule has 4 atom stereocenters. The maximum absolute atomic E-state index is 5.67. The van der Waals surface area contributed by atoms with E-state index in [0.717, 1.165) is 37.5 Å². The van der Waals surface area contributed by atoms with E-state index >= 15 is 0 Å². The molecule has 0 bridgehead atoms. The number of rotatable bonds is 6. The lowest BCUT2D eigenvalue weighted by Crippen LogP contribution is -2.43. The van der Waals surface area contributed by atoms with E-state index in [9.17, 15) is 0 Å². The van der Waals surface area contributed by atoms with Gasteiger partial charge in [0.2, 0.25) is 0 Å². The second kappa shape index (κ2) is 7.49. The molecule has 0 radical (unpaired) electrons. The van der Waals surface area contributed by atoms with Crippen molar-refractivity contribution in [2.75, 3.05) is 19.8 Å². The summed E-state index contributed by atoms with van der Waals surface area (Å²) in [6.07, 6.45) is 10.3. The Morgan fingerprint density at radius 1 is 1.06 bits per heavy atom. The Bertz CT molecular complexity index is 231. The van der Waals surface area contributed by atoms with Gasteiger partial charge in [-0.15, -0.1) is 0 Å². The van der Waals surface area contributed by atoms with Gasteiger partial charge in [-0.2, -0.15) is 0 Å². The SMILES string of the molecule is CCNC(COCC)C1CCC2CCCCC2C1. The van der Waals surface area contributed by atoms with Crippen molar-refractivity contribution in [2.45, 2.75) is 64.8 Å². The van der Waals surface area contributed by atoms with Crippen LogP contribution in [-0.2, 0) is 4.74 Å². The van der Waals surface area contributed by atoms with Gasteiger partial charge in [-0.25, -0.2) is 0 Å². The molecule has 2 aliphatic rings. The van der Waals surface area contributed by atoms with Crippen LogP contribution in [-0.4, -0.2) is 25.8 Å². The summed E-state index contributed by atoms with van der Waals surface area (Å²) in [5.74, 6) is 2.94. The molecular formula is C16H31NO. The average molecular weight is 253 g/mol. The molecule has 0 amide bonds. The highest BCUT2D eigenvalue weighted by Gasteiger charge is 2.35. The van der Waals surface area contributed by atoms with Gasteiger partial charge in [-0.05, 0) is 50.5 Å². The molecule has 2 aliphatic carbocycles. The van der Waals surface area contributed by atoms with Crippen LogP contribution in [0.15, 0.2) is 0 Å². The van der Waals surface area contributed by atoms with Crippen LogP contribution in [0.4, 0.5) is 0 Å². The van der Waals surface area contributed by atoms with Crippen LogP contribution in [0.2, 0.25) is 0 Å². The smallest absolute Gasteiger partial charge is 0.0622 e. The van der Waals surface area contributed by atoms with Gasteiger partial charge in [-0.3, -0.25) is 0 Å². The molecule has 0 saturated heterocycles. The molecule has 2 rings (SSSR count). The van der Waals surface area contributed by atoms with E-state index in [1.807, 2.05) is 0 Å². The molecule has 2 saturated carbocycles. The lowest BCUT2D eigenvalue weighted by molar-refractivity contribution is 0.0608. The summed E-state index contributed by atoms with van der Waals surface area (Å²) in [6.45, 7) is 7.14. The van der Waals surface area contributed by atoms with Gasteiger partial charge in [0, 0.05) is 12.6 Å². The molecule has 1 N–H and O–H groups in total. The van der Waals surface area contributed by atoms with Crippen molar-refractivity contribution in [3.8, 4) is 0 Å². The maximum Gasteiger partial charge on any atom is 0.0622 e. The summed E-state index contributed by atoms with van der Waals surface area (Å²) in [5.41, 5.74) is 0. The van der Waals surface area contributed by atoms with E-state index in [4.69, 9.17) is 4.74 Å². The van der Waals surface area contributed by atoms with Crippen molar-refractivity contribution in [3.05, 3.63) is 0 Å². The first-order valence-corrected chi connectivity index (χ1v) is 8.16. The number of hydrogen-bond acceptors (Lipinski definition) is 2. The van der Waals surface area contributed by atoms with Crippen LogP contribution in [0.25, 0.3) is 0 Å². The lowest BCUT2D eigenvalue weighted by Gasteiger charge is -2.42. The molecule has 18 heavy (non-hydrogen) atoms. The summed E-state index contributed by atoms with van der Waals surface area (Å²) < 4.78 is 5.67.